The van der Waals surface area contributed by atoms with Gasteiger partial charge in [-0.2, -0.15) is 5.10 Å². The highest BCUT2D eigenvalue weighted by atomic mass is 32.1. The highest BCUT2D eigenvalue weighted by molar-refractivity contribution is 7.80. The molecule has 0 atom stereocenters. The molecule has 0 radical (unpaired) electrons. The minimum atomic E-state index is -0.266. The summed E-state index contributed by atoms with van der Waals surface area (Å²) in [6.07, 6.45) is 2.42. The molecule has 0 bridgehead atoms. The van der Waals surface area contributed by atoms with E-state index in [9.17, 15) is 4.79 Å². The number of aryl methyl sites for hydroxylation is 1. The first kappa shape index (κ1) is 22.0. The van der Waals surface area contributed by atoms with Crippen LogP contribution in [0, 0.1) is 6.92 Å². The highest BCUT2D eigenvalue weighted by Crippen LogP contribution is 2.33. The molecule has 1 amide bonds. The second-order valence-corrected chi connectivity index (χ2v) is 8.48. The summed E-state index contributed by atoms with van der Waals surface area (Å²) in [4.78, 5) is 12.9. The summed E-state index contributed by atoms with van der Waals surface area (Å²) in [5.74, 6) is 2.22. The van der Waals surface area contributed by atoms with Gasteiger partial charge in [-0.25, -0.2) is 0 Å². The molecule has 5 rings (SSSR count). The summed E-state index contributed by atoms with van der Waals surface area (Å²) in [5.41, 5.74) is 7.20. The Morgan fingerprint density at radius 3 is 2.76 bits per heavy atom. The highest BCUT2D eigenvalue weighted by Gasteiger charge is 2.28. The van der Waals surface area contributed by atoms with Crippen molar-refractivity contribution in [3.63, 3.8) is 0 Å². The van der Waals surface area contributed by atoms with Crippen molar-refractivity contribution in [2.75, 3.05) is 12.1 Å². The van der Waals surface area contributed by atoms with Gasteiger partial charge in [0.15, 0.2) is 22.4 Å². The van der Waals surface area contributed by atoms with E-state index in [0.717, 1.165) is 53.1 Å². The van der Waals surface area contributed by atoms with Crippen LogP contribution in [0.2, 0.25) is 0 Å². The van der Waals surface area contributed by atoms with Gasteiger partial charge in [-0.3, -0.25) is 10.2 Å². The first-order valence-corrected chi connectivity index (χ1v) is 11.5. The summed E-state index contributed by atoms with van der Waals surface area (Å²) < 4.78 is 16.7. The molecule has 1 aliphatic carbocycles. The van der Waals surface area contributed by atoms with Gasteiger partial charge in [0.1, 0.15) is 5.76 Å². The molecule has 3 N–H and O–H groups in total. The van der Waals surface area contributed by atoms with Crippen LogP contribution in [-0.2, 0) is 13.0 Å². The minimum absolute atomic E-state index is 0.216. The van der Waals surface area contributed by atoms with Crippen LogP contribution in [0.1, 0.15) is 45.8 Å². The predicted molar refractivity (Wildman–Crippen MR) is 132 cm³/mol. The molecule has 1 aromatic heterocycles. The van der Waals surface area contributed by atoms with Crippen molar-refractivity contribution < 1.29 is 18.7 Å². The predicted octanol–water partition coefficient (Wildman–Crippen LogP) is 4.27. The van der Waals surface area contributed by atoms with Gasteiger partial charge in [-0.15, -0.1) is 0 Å². The van der Waals surface area contributed by atoms with Crippen LogP contribution in [0.3, 0.4) is 0 Å². The number of nitrogens with zero attached hydrogens (tertiary/aromatic N) is 1. The Kier molecular flexibility index (Phi) is 6.18. The van der Waals surface area contributed by atoms with E-state index in [1.165, 1.54) is 0 Å². The van der Waals surface area contributed by atoms with Crippen molar-refractivity contribution in [1.29, 1.82) is 0 Å². The number of carbonyl (C=O) groups excluding carboxylic acids is 1. The monoisotopic (exact) mass is 476 g/mol. The van der Waals surface area contributed by atoms with Gasteiger partial charge in [-0.1, -0.05) is 24.3 Å². The third-order valence-electron chi connectivity index (χ3n) is 5.75. The summed E-state index contributed by atoms with van der Waals surface area (Å²) >= 11 is 5.36. The van der Waals surface area contributed by atoms with Crippen LogP contribution >= 0.6 is 12.2 Å². The van der Waals surface area contributed by atoms with Crippen molar-refractivity contribution in [3.8, 4) is 11.5 Å². The molecule has 8 nitrogen and oxygen atoms in total. The van der Waals surface area contributed by atoms with Gasteiger partial charge >= 0.3 is 0 Å². The van der Waals surface area contributed by atoms with Crippen molar-refractivity contribution in [2.24, 2.45) is 5.10 Å². The van der Waals surface area contributed by atoms with E-state index in [1.54, 1.807) is 0 Å². The van der Waals surface area contributed by atoms with Gasteiger partial charge in [0.25, 0.3) is 5.91 Å². The maximum Gasteiger partial charge on any atom is 0.287 e. The number of hydrogen-bond acceptors (Lipinski definition) is 6. The van der Waals surface area contributed by atoms with Crippen molar-refractivity contribution in [3.05, 3.63) is 76.7 Å². The fourth-order valence-corrected chi connectivity index (χ4v) is 4.27. The summed E-state index contributed by atoms with van der Waals surface area (Å²) in [6, 6.07) is 15.3. The molecule has 0 saturated carbocycles. The third kappa shape index (κ3) is 4.60. The standard InChI is InChI=1S/C25H24N4O4S/c1-15-22-18(28-29-25(34)27-17-6-3-2-4-7-17)8-5-9-20(22)33-23(15)24(30)26-13-16-10-11-19-21(12-16)32-14-31-19/h2-4,6-7,10-12H,5,8-9,13-14H2,1H3,(H,26,30)(H2,27,29,34)/b28-18+. The SMILES string of the molecule is Cc1c(C(=O)NCc2ccc3c(c2)OCO3)oc2c1/C(=N/NC(=S)Nc1ccccc1)CCC2. The number of nitrogens with one attached hydrogen (secondary N) is 3. The Balaban J connectivity index is 1.27. The lowest BCUT2D eigenvalue weighted by atomic mass is 9.93. The zero-order valence-electron chi connectivity index (χ0n) is 18.6. The molecule has 0 spiro atoms. The summed E-state index contributed by atoms with van der Waals surface area (Å²) in [6.45, 7) is 2.45. The quantitative estimate of drug-likeness (QED) is 0.374. The molecule has 0 fully saturated rings. The van der Waals surface area contributed by atoms with Crippen molar-refractivity contribution in [2.45, 2.75) is 32.7 Å². The topological polar surface area (TPSA) is 97.1 Å². The minimum Gasteiger partial charge on any atom is -0.455 e. The van der Waals surface area contributed by atoms with Gasteiger partial charge in [-0.05, 0) is 61.8 Å². The Labute approximate surface area is 202 Å². The number of rotatable bonds is 5. The maximum atomic E-state index is 12.9. The second kappa shape index (κ2) is 9.56. The van der Waals surface area contributed by atoms with Crippen molar-refractivity contribution >= 4 is 34.6 Å². The summed E-state index contributed by atoms with van der Waals surface area (Å²) in [7, 11) is 0. The van der Waals surface area contributed by atoms with Crippen LogP contribution < -0.4 is 25.5 Å². The molecule has 9 heteroatoms. The number of benzene rings is 2. The number of hydrogen-bond donors (Lipinski definition) is 3. The Bertz CT molecular complexity index is 1270. The number of thiocarbonyl (C=S) groups is 1. The Hall–Kier alpha value is -3.85. The lowest BCUT2D eigenvalue weighted by molar-refractivity contribution is 0.0920. The fourth-order valence-electron chi connectivity index (χ4n) is 4.11. The molecule has 174 valence electrons. The van der Waals surface area contributed by atoms with Crippen LogP contribution in [-0.4, -0.2) is 23.5 Å². The smallest absolute Gasteiger partial charge is 0.287 e. The molecular formula is C25H24N4O4S. The lowest BCUT2D eigenvalue weighted by Crippen LogP contribution is -2.26. The zero-order chi connectivity index (χ0) is 23.5. The fraction of sp³-hybridized carbons (Fsp3) is 0.240. The second-order valence-electron chi connectivity index (χ2n) is 8.07. The number of furan rings is 1. The van der Waals surface area contributed by atoms with E-state index >= 15 is 0 Å². The van der Waals surface area contributed by atoms with Gasteiger partial charge in [0, 0.05) is 29.8 Å². The first-order valence-electron chi connectivity index (χ1n) is 11.1. The molecule has 2 heterocycles. The van der Waals surface area contributed by atoms with E-state index in [-0.39, 0.29) is 12.7 Å². The first-order chi connectivity index (χ1) is 16.6. The number of fused-ring (bicyclic) bond motifs is 2. The molecular weight excluding hydrogens is 452 g/mol. The Morgan fingerprint density at radius 2 is 1.91 bits per heavy atom. The molecule has 0 unspecified atom stereocenters. The van der Waals surface area contributed by atoms with E-state index in [0.29, 0.717) is 28.9 Å². The third-order valence-corrected chi connectivity index (χ3v) is 5.94. The number of amides is 1. The molecule has 2 aromatic carbocycles. The molecule has 2 aliphatic rings. The molecule has 34 heavy (non-hydrogen) atoms. The number of hydrazone groups is 1. The molecule has 0 saturated heterocycles. The van der Waals surface area contributed by atoms with E-state index < -0.39 is 0 Å². The number of anilines is 1. The summed E-state index contributed by atoms with van der Waals surface area (Å²) in [5, 5.41) is 11.0. The van der Waals surface area contributed by atoms with Crippen LogP contribution in [0.25, 0.3) is 0 Å². The number of ether oxygens (including phenoxy) is 2. The van der Waals surface area contributed by atoms with E-state index in [4.69, 9.17) is 26.1 Å². The largest absolute Gasteiger partial charge is 0.455 e. The Morgan fingerprint density at radius 1 is 1.09 bits per heavy atom. The van der Waals surface area contributed by atoms with E-state index in [2.05, 4.69) is 21.2 Å². The normalized spacial score (nSPS) is 15.0. The molecule has 1 aliphatic heterocycles. The van der Waals surface area contributed by atoms with Gasteiger partial charge in [0.2, 0.25) is 6.79 Å². The maximum absolute atomic E-state index is 12.9. The van der Waals surface area contributed by atoms with Crippen LogP contribution in [0.15, 0.2) is 58.0 Å². The van der Waals surface area contributed by atoms with Gasteiger partial charge < -0.3 is 24.5 Å². The zero-order valence-corrected chi connectivity index (χ0v) is 19.5. The molecule has 3 aromatic rings. The number of para-hydroxylation sites is 1. The van der Waals surface area contributed by atoms with E-state index in [1.807, 2.05) is 55.5 Å². The number of carbonyl (C=O) groups is 1. The van der Waals surface area contributed by atoms with Crippen molar-refractivity contribution in [1.82, 2.24) is 10.7 Å². The van der Waals surface area contributed by atoms with Crippen LogP contribution in [0.5, 0.6) is 11.5 Å². The van der Waals surface area contributed by atoms with Crippen LogP contribution in [0.4, 0.5) is 5.69 Å². The lowest BCUT2D eigenvalue weighted by Gasteiger charge is -2.14. The average molecular weight is 477 g/mol. The van der Waals surface area contributed by atoms with Gasteiger partial charge in [0.05, 0.1) is 5.71 Å². The average Bonchev–Trinajstić information content (AvgIpc) is 3.46.